The zero-order valence-corrected chi connectivity index (χ0v) is 14.5. The van der Waals surface area contributed by atoms with Crippen LogP contribution in [0.25, 0.3) is 0 Å². The van der Waals surface area contributed by atoms with Gasteiger partial charge in [-0.1, -0.05) is 53.9 Å². The maximum atomic E-state index is 3.88. The monoisotopic (exact) mass is 280 g/mol. The molecule has 0 aromatic carbocycles. The normalized spacial score (nSPS) is 29.6. The molecule has 1 aliphatic carbocycles. The van der Waals surface area contributed by atoms with Crippen LogP contribution in [0, 0.1) is 5.41 Å². The lowest BCUT2D eigenvalue weighted by Crippen LogP contribution is -2.69. The lowest BCUT2D eigenvalue weighted by molar-refractivity contribution is -0.0336. The topological polar surface area (TPSA) is 15.3 Å². The molecule has 1 heterocycles. The first kappa shape index (κ1) is 16.3. The fourth-order valence-electron chi connectivity index (χ4n) is 4.28. The van der Waals surface area contributed by atoms with Gasteiger partial charge in [-0.2, -0.15) is 0 Å². The molecule has 1 saturated carbocycles. The number of hydrogen-bond acceptors (Lipinski definition) is 2. The predicted molar refractivity (Wildman–Crippen MR) is 88.1 cm³/mol. The summed E-state index contributed by atoms with van der Waals surface area (Å²) in [6, 6.07) is 1.48. The number of rotatable bonds is 3. The lowest BCUT2D eigenvalue weighted by Gasteiger charge is -2.55. The van der Waals surface area contributed by atoms with Crippen molar-refractivity contribution < 1.29 is 0 Å². The van der Waals surface area contributed by atoms with E-state index in [1.54, 1.807) is 0 Å². The SMILES string of the molecule is CCC1(CC)CNC(C(C)(C)C)CN1C1CCCCC1. The van der Waals surface area contributed by atoms with Crippen LogP contribution in [-0.4, -0.2) is 35.6 Å². The second kappa shape index (κ2) is 6.36. The average molecular weight is 280 g/mol. The third kappa shape index (κ3) is 3.22. The highest BCUT2D eigenvalue weighted by atomic mass is 15.3. The van der Waals surface area contributed by atoms with Crippen molar-refractivity contribution in [2.24, 2.45) is 5.41 Å². The van der Waals surface area contributed by atoms with Crippen molar-refractivity contribution in [2.45, 2.75) is 97.2 Å². The van der Waals surface area contributed by atoms with E-state index in [9.17, 15) is 0 Å². The largest absolute Gasteiger partial charge is 0.310 e. The smallest absolute Gasteiger partial charge is 0.0332 e. The molecule has 1 unspecified atom stereocenters. The number of hydrogen-bond donors (Lipinski definition) is 1. The first-order chi connectivity index (χ1) is 9.43. The van der Waals surface area contributed by atoms with Crippen LogP contribution in [0.5, 0.6) is 0 Å². The highest BCUT2D eigenvalue weighted by molar-refractivity contribution is 5.02. The van der Waals surface area contributed by atoms with Gasteiger partial charge in [-0.3, -0.25) is 4.90 Å². The Morgan fingerprint density at radius 2 is 1.65 bits per heavy atom. The molecular weight excluding hydrogens is 244 g/mol. The molecular formula is C18H36N2. The van der Waals surface area contributed by atoms with Gasteiger partial charge in [0.05, 0.1) is 0 Å². The summed E-state index contributed by atoms with van der Waals surface area (Å²) in [4.78, 5) is 2.93. The van der Waals surface area contributed by atoms with E-state index < -0.39 is 0 Å². The Bertz CT molecular complexity index is 295. The predicted octanol–water partition coefficient (Wildman–Crippen LogP) is 4.20. The Kier molecular flexibility index (Phi) is 5.18. The fraction of sp³-hybridized carbons (Fsp3) is 1.00. The van der Waals surface area contributed by atoms with Crippen LogP contribution < -0.4 is 5.32 Å². The molecule has 0 amide bonds. The maximum absolute atomic E-state index is 3.88. The highest BCUT2D eigenvalue weighted by Gasteiger charge is 2.44. The second-order valence-electron chi connectivity index (χ2n) is 8.18. The minimum Gasteiger partial charge on any atom is -0.310 e. The third-order valence-corrected chi connectivity index (χ3v) is 6.04. The van der Waals surface area contributed by atoms with E-state index in [2.05, 4.69) is 44.8 Å². The third-order valence-electron chi connectivity index (χ3n) is 6.04. The Hall–Kier alpha value is -0.0800. The molecule has 1 saturated heterocycles. The van der Waals surface area contributed by atoms with Crippen molar-refractivity contribution in [3.63, 3.8) is 0 Å². The molecule has 2 rings (SSSR count). The van der Waals surface area contributed by atoms with Gasteiger partial charge >= 0.3 is 0 Å². The summed E-state index contributed by atoms with van der Waals surface area (Å²) < 4.78 is 0. The summed E-state index contributed by atoms with van der Waals surface area (Å²) in [5, 5.41) is 3.88. The van der Waals surface area contributed by atoms with Gasteiger partial charge in [0.15, 0.2) is 0 Å². The molecule has 2 nitrogen and oxygen atoms in total. The molecule has 1 aliphatic heterocycles. The molecule has 0 aromatic heterocycles. The molecule has 0 spiro atoms. The first-order valence-corrected chi connectivity index (χ1v) is 8.93. The molecule has 2 fully saturated rings. The van der Waals surface area contributed by atoms with Crippen LogP contribution in [0.15, 0.2) is 0 Å². The molecule has 2 aliphatic rings. The molecule has 118 valence electrons. The lowest BCUT2D eigenvalue weighted by atomic mass is 9.78. The van der Waals surface area contributed by atoms with Crippen molar-refractivity contribution in [1.29, 1.82) is 0 Å². The van der Waals surface area contributed by atoms with Crippen LogP contribution in [-0.2, 0) is 0 Å². The van der Waals surface area contributed by atoms with Gasteiger partial charge in [0.1, 0.15) is 0 Å². The Labute approximate surface area is 126 Å². The van der Waals surface area contributed by atoms with Crippen LogP contribution in [0.1, 0.15) is 79.6 Å². The van der Waals surface area contributed by atoms with Crippen molar-refractivity contribution in [3.05, 3.63) is 0 Å². The van der Waals surface area contributed by atoms with E-state index in [1.807, 2.05) is 0 Å². The molecule has 0 bridgehead atoms. The minimum absolute atomic E-state index is 0.362. The Morgan fingerprint density at radius 1 is 1.05 bits per heavy atom. The summed E-state index contributed by atoms with van der Waals surface area (Å²) >= 11 is 0. The molecule has 1 atom stereocenters. The molecule has 0 aromatic rings. The quantitative estimate of drug-likeness (QED) is 0.833. The second-order valence-corrected chi connectivity index (χ2v) is 8.18. The van der Waals surface area contributed by atoms with Gasteiger partial charge in [0.25, 0.3) is 0 Å². The molecule has 1 N–H and O–H groups in total. The van der Waals surface area contributed by atoms with E-state index in [4.69, 9.17) is 0 Å². The van der Waals surface area contributed by atoms with Crippen LogP contribution in [0.3, 0.4) is 0 Å². The van der Waals surface area contributed by atoms with Gasteiger partial charge in [0, 0.05) is 30.7 Å². The van der Waals surface area contributed by atoms with E-state index in [0.29, 0.717) is 17.0 Å². The van der Waals surface area contributed by atoms with Crippen molar-refractivity contribution in [2.75, 3.05) is 13.1 Å². The van der Waals surface area contributed by atoms with E-state index in [0.717, 1.165) is 6.04 Å². The summed E-state index contributed by atoms with van der Waals surface area (Å²) in [6.45, 7) is 14.4. The Balaban J connectivity index is 2.18. The molecule has 0 radical (unpaired) electrons. The zero-order valence-electron chi connectivity index (χ0n) is 14.5. The van der Waals surface area contributed by atoms with Gasteiger partial charge in [-0.25, -0.2) is 0 Å². The number of piperazine rings is 1. The first-order valence-electron chi connectivity index (χ1n) is 8.93. The van der Waals surface area contributed by atoms with Gasteiger partial charge in [0.2, 0.25) is 0 Å². The summed E-state index contributed by atoms with van der Waals surface area (Å²) in [5.74, 6) is 0. The average Bonchev–Trinajstić information content (AvgIpc) is 2.46. The van der Waals surface area contributed by atoms with Crippen molar-refractivity contribution in [1.82, 2.24) is 10.2 Å². The summed E-state index contributed by atoms with van der Waals surface area (Å²) in [5.41, 5.74) is 0.768. The van der Waals surface area contributed by atoms with E-state index in [-0.39, 0.29) is 0 Å². The Morgan fingerprint density at radius 3 is 2.15 bits per heavy atom. The van der Waals surface area contributed by atoms with E-state index >= 15 is 0 Å². The standard InChI is InChI=1S/C18H36N2/c1-6-18(7-2)14-19-16(17(3,4)5)13-20(18)15-11-9-8-10-12-15/h15-16,19H,6-14H2,1-5H3. The highest BCUT2D eigenvalue weighted by Crippen LogP contribution is 2.37. The van der Waals surface area contributed by atoms with Gasteiger partial charge < -0.3 is 5.32 Å². The van der Waals surface area contributed by atoms with Gasteiger partial charge in [-0.05, 0) is 31.1 Å². The van der Waals surface area contributed by atoms with Crippen LogP contribution in [0.2, 0.25) is 0 Å². The zero-order chi connectivity index (χ0) is 14.8. The fourth-order valence-corrected chi connectivity index (χ4v) is 4.28. The summed E-state index contributed by atoms with van der Waals surface area (Å²) in [6.07, 6.45) is 9.76. The van der Waals surface area contributed by atoms with Gasteiger partial charge in [-0.15, -0.1) is 0 Å². The summed E-state index contributed by atoms with van der Waals surface area (Å²) in [7, 11) is 0. The van der Waals surface area contributed by atoms with Crippen LogP contribution >= 0.6 is 0 Å². The maximum Gasteiger partial charge on any atom is 0.0332 e. The molecule has 2 heteroatoms. The van der Waals surface area contributed by atoms with Crippen molar-refractivity contribution in [3.8, 4) is 0 Å². The van der Waals surface area contributed by atoms with Crippen LogP contribution in [0.4, 0.5) is 0 Å². The number of nitrogens with zero attached hydrogens (tertiary/aromatic N) is 1. The number of nitrogens with one attached hydrogen (secondary N) is 1. The van der Waals surface area contributed by atoms with E-state index in [1.165, 1.54) is 58.0 Å². The van der Waals surface area contributed by atoms with Crippen molar-refractivity contribution >= 4 is 0 Å². The molecule has 20 heavy (non-hydrogen) atoms. The minimum atomic E-state index is 0.362.